The molecule has 1 aromatic carbocycles. The molecule has 144 valence electrons. The van der Waals surface area contributed by atoms with Gasteiger partial charge in [0, 0.05) is 13.1 Å². The fourth-order valence-electron chi connectivity index (χ4n) is 3.66. The highest BCUT2D eigenvalue weighted by Gasteiger charge is 2.53. The number of sulfonamides is 1. The Hall–Kier alpha value is -0.885. The van der Waals surface area contributed by atoms with Crippen LogP contribution in [0.2, 0.25) is 6.32 Å². The average molecular weight is 379 g/mol. The Morgan fingerprint density at radius 1 is 1.04 bits per heavy atom. The van der Waals surface area contributed by atoms with Crippen LogP contribution >= 0.6 is 0 Å². The molecule has 0 bridgehead atoms. The lowest BCUT2D eigenvalue weighted by atomic mass is 9.68. The first-order chi connectivity index (χ1) is 11.8. The van der Waals surface area contributed by atoms with Gasteiger partial charge in [0.15, 0.2) is 0 Å². The molecule has 2 aliphatic rings. The third kappa shape index (κ3) is 3.59. The second-order valence-electron chi connectivity index (χ2n) is 9.10. The molecule has 26 heavy (non-hydrogen) atoms. The molecule has 7 heteroatoms. The maximum Gasteiger partial charge on any atom is 0.458 e. The van der Waals surface area contributed by atoms with Gasteiger partial charge in [0.2, 0.25) is 10.0 Å². The van der Waals surface area contributed by atoms with E-state index in [-0.39, 0.29) is 23.7 Å². The SMILES string of the molecule is Cc1ccc(S(=O)(=O)N2CCC(C)(CB3OC(C)(C)C(C)(C)O3)C2)cc1. The van der Waals surface area contributed by atoms with Gasteiger partial charge in [0.25, 0.3) is 0 Å². The highest BCUT2D eigenvalue weighted by atomic mass is 32.2. The summed E-state index contributed by atoms with van der Waals surface area (Å²) in [6.07, 6.45) is 1.50. The van der Waals surface area contributed by atoms with Crippen molar-refractivity contribution < 1.29 is 17.7 Å². The van der Waals surface area contributed by atoms with Gasteiger partial charge in [-0.25, -0.2) is 8.42 Å². The predicted molar refractivity (Wildman–Crippen MR) is 104 cm³/mol. The summed E-state index contributed by atoms with van der Waals surface area (Å²) in [6, 6.07) is 7.06. The topological polar surface area (TPSA) is 55.8 Å². The normalized spacial score (nSPS) is 28.6. The van der Waals surface area contributed by atoms with Crippen LogP contribution in [0.25, 0.3) is 0 Å². The fourth-order valence-corrected chi connectivity index (χ4v) is 5.25. The van der Waals surface area contributed by atoms with Crippen molar-refractivity contribution in [3.8, 4) is 0 Å². The second-order valence-corrected chi connectivity index (χ2v) is 11.0. The number of hydrogen-bond acceptors (Lipinski definition) is 4. The van der Waals surface area contributed by atoms with Gasteiger partial charge in [-0.1, -0.05) is 24.6 Å². The first-order valence-electron chi connectivity index (χ1n) is 9.27. The van der Waals surface area contributed by atoms with Crippen LogP contribution in [0.15, 0.2) is 29.2 Å². The minimum absolute atomic E-state index is 0.154. The van der Waals surface area contributed by atoms with Crippen LogP contribution in [-0.4, -0.2) is 44.1 Å². The molecule has 0 N–H and O–H groups in total. The van der Waals surface area contributed by atoms with Gasteiger partial charge in [0.05, 0.1) is 16.1 Å². The van der Waals surface area contributed by atoms with Gasteiger partial charge in [-0.3, -0.25) is 0 Å². The number of nitrogens with zero attached hydrogens (tertiary/aromatic N) is 1. The molecular weight excluding hydrogens is 349 g/mol. The summed E-state index contributed by atoms with van der Waals surface area (Å²) < 4.78 is 39.7. The van der Waals surface area contributed by atoms with Crippen molar-refractivity contribution >= 4 is 17.1 Å². The molecule has 0 amide bonds. The van der Waals surface area contributed by atoms with E-state index in [4.69, 9.17) is 9.31 Å². The lowest BCUT2D eigenvalue weighted by Gasteiger charge is -2.32. The summed E-state index contributed by atoms with van der Waals surface area (Å²) in [4.78, 5) is 0.364. The van der Waals surface area contributed by atoms with Crippen molar-refractivity contribution in [3.05, 3.63) is 29.8 Å². The summed E-state index contributed by atoms with van der Waals surface area (Å²) in [5.74, 6) is 0. The zero-order chi connectivity index (χ0) is 19.4. The molecule has 0 aromatic heterocycles. The standard InChI is InChI=1S/C19H30BNO4S/c1-15-7-9-16(10-8-15)26(22,23)21-12-11-19(6,14-21)13-20-24-17(2,3)18(4,5)25-20/h7-10H,11-14H2,1-6H3. The summed E-state index contributed by atoms with van der Waals surface area (Å²) in [7, 11) is -3.75. The van der Waals surface area contributed by atoms with Gasteiger partial charge >= 0.3 is 7.12 Å². The first-order valence-corrected chi connectivity index (χ1v) is 10.7. The van der Waals surface area contributed by atoms with E-state index in [2.05, 4.69) is 6.92 Å². The zero-order valence-electron chi connectivity index (χ0n) is 16.7. The molecule has 1 unspecified atom stereocenters. The molecule has 1 atom stereocenters. The predicted octanol–water partition coefficient (Wildman–Crippen LogP) is 3.49. The minimum atomic E-state index is -3.45. The van der Waals surface area contributed by atoms with E-state index < -0.39 is 10.0 Å². The molecule has 0 aliphatic carbocycles. The Balaban J connectivity index is 1.70. The number of hydrogen-bond donors (Lipinski definition) is 0. The summed E-state index contributed by atoms with van der Waals surface area (Å²) in [6.45, 7) is 13.3. The third-order valence-corrected chi connectivity index (χ3v) is 8.00. The van der Waals surface area contributed by atoms with Crippen LogP contribution in [0.5, 0.6) is 0 Å². The van der Waals surface area contributed by atoms with Crippen LogP contribution in [0.3, 0.4) is 0 Å². The molecule has 0 saturated carbocycles. The first kappa shape index (κ1) is 19.9. The molecule has 2 aliphatic heterocycles. The quantitative estimate of drug-likeness (QED) is 0.752. The molecule has 1 aromatic rings. The smallest absolute Gasteiger partial charge is 0.403 e. The zero-order valence-corrected chi connectivity index (χ0v) is 17.5. The van der Waals surface area contributed by atoms with E-state index >= 15 is 0 Å². The summed E-state index contributed by atoms with van der Waals surface area (Å²) in [5.41, 5.74) is 0.176. The van der Waals surface area contributed by atoms with Gasteiger partial charge in [0.1, 0.15) is 0 Å². The van der Waals surface area contributed by atoms with E-state index in [0.29, 0.717) is 24.3 Å². The Kier molecular flexibility index (Phi) is 4.84. The van der Waals surface area contributed by atoms with E-state index in [0.717, 1.165) is 12.0 Å². The number of benzene rings is 1. The maximum atomic E-state index is 12.9. The van der Waals surface area contributed by atoms with Gasteiger partial charge in [-0.15, -0.1) is 0 Å². The molecule has 5 nitrogen and oxygen atoms in total. The van der Waals surface area contributed by atoms with Crippen LogP contribution in [-0.2, 0) is 19.3 Å². The highest BCUT2D eigenvalue weighted by Crippen LogP contribution is 2.44. The molecule has 2 heterocycles. The lowest BCUT2D eigenvalue weighted by molar-refractivity contribution is 0.00578. The summed E-state index contributed by atoms with van der Waals surface area (Å²) >= 11 is 0. The highest BCUT2D eigenvalue weighted by molar-refractivity contribution is 7.89. The Morgan fingerprint density at radius 2 is 1.58 bits per heavy atom. The van der Waals surface area contributed by atoms with Crippen LogP contribution in [0, 0.1) is 12.3 Å². The third-order valence-electron chi connectivity index (χ3n) is 6.14. The average Bonchev–Trinajstić information content (AvgIpc) is 2.97. The van der Waals surface area contributed by atoms with Crippen LogP contribution < -0.4 is 0 Å². The number of aryl methyl sites for hydroxylation is 1. The van der Waals surface area contributed by atoms with E-state index in [1.807, 2.05) is 46.8 Å². The van der Waals surface area contributed by atoms with Gasteiger partial charge in [-0.2, -0.15) is 4.31 Å². The van der Waals surface area contributed by atoms with E-state index in [1.54, 1.807) is 16.4 Å². The monoisotopic (exact) mass is 379 g/mol. The summed E-state index contributed by atoms with van der Waals surface area (Å²) in [5, 5.41) is 0. The largest absolute Gasteiger partial charge is 0.458 e. The van der Waals surface area contributed by atoms with Crippen LogP contribution in [0.1, 0.15) is 46.6 Å². The maximum absolute atomic E-state index is 12.9. The Morgan fingerprint density at radius 3 is 2.12 bits per heavy atom. The number of rotatable bonds is 4. The van der Waals surface area contributed by atoms with Crippen molar-refractivity contribution in [2.75, 3.05) is 13.1 Å². The lowest BCUT2D eigenvalue weighted by Crippen LogP contribution is -2.41. The Bertz CT molecular complexity index is 759. The molecule has 0 spiro atoms. The van der Waals surface area contributed by atoms with Crippen molar-refractivity contribution in [1.29, 1.82) is 0 Å². The molecule has 3 rings (SSSR count). The molecule has 2 saturated heterocycles. The van der Waals surface area contributed by atoms with Crippen molar-refractivity contribution in [3.63, 3.8) is 0 Å². The van der Waals surface area contributed by atoms with Gasteiger partial charge < -0.3 is 9.31 Å². The van der Waals surface area contributed by atoms with Gasteiger partial charge in [-0.05, 0) is 64.9 Å². The minimum Gasteiger partial charge on any atom is -0.403 e. The van der Waals surface area contributed by atoms with E-state index in [9.17, 15) is 8.42 Å². The second kappa shape index (κ2) is 6.33. The fraction of sp³-hybridized carbons (Fsp3) is 0.684. The molecular formula is C19H30BNO4S. The molecule has 0 radical (unpaired) electrons. The molecule has 2 fully saturated rings. The van der Waals surface area contributed by atoms with Crippen molar-refractivity contribution in [1.82, 2.24) is 4.31 Å². The van der Waals surface area contributed by atoms with E-state index in [1.165, 1.54) is 0 Å². The van der Waals surface area contributed by atoms with Crippen LogP contribution in [0.4, 0.5) is 0 Å². The van der Waals surface area contributed by atoms with Crippen molar-refractivity contribution in [2.24, 2.45) is 5.41 Å². The Labute approximate surface area is 158 Å². The van der Waals surface area contributed by atoms with Crippen molar-refractivity contribution in [2.45, 2.75) is 70.4 Å².